The first-order valence-corrected chi connectivity index (χ1v) is 10.8. The van der Waals surface area contributed by atoms with E-state index in [2.05, 4.69) is 33.0 Å². The maximum absolute atomic E-state index is 12.9. The molecule has 1 saturated heterocycles. The summed E-state index contributed by atoms with van der Waals surface area (Å²) in [5.41, 5.74) is 3.29. The lowest BCUT2D eigenvalue weighted by Gasteiger charge is -2.26. The molecule has 0 bridgehead atoms. The molecule has 3 aromatic rings. The minimum atomic E-state index is 0.0488. The van der Waals surface area contributed by atoms with Gasteiger partial charge in [-0.3, -0.25) is 10.1 Å². The molecule has 1 aliphatic carbocycles. The molecule has 1 aliphatic heterocycles. The topological polar surface area (TPSA) is 50.2 Å². The Hall–Kier alpha value is -2.66. The van der Waals surface area contributed by atoms with Crippen LogP contribution in [0.2, 0.25) is 0 Å². The Morgan fingerprint density at radius 1 is 0.966 bits per heavy atom. The first-order valence-electron chi connectivity index (χ1n) is 10.8. The number of hydrogen-bond acceptors (Lipinski definition) is 3. The van der Waals surface area contributed by atoms with Crippen molar-refractivity contribution in [1.29, 1.82) is 0 Å². The van der Waals surface area contributed by atoms with Crippen molar-refractivity contribution in [3.8, 4) is 0 Å². The van der Waals surface area contributed by atoms with Crippen LogP contribution in [0.3, 0.4) is 0 Å². The van der Waals surface area contributed by atoms with E-state index in [1.807, 2.05) is 36.4 Å². The van der Waals surface area contributed by atoms with E-state index in [1.165, 1.54) is 37.9 Å². The van der Waals surface area contributed by atoms with Gasteiger partial charge in [0.05, 0.1) is 11.0 Å². The lowest BCUT2D eigenvalue weighted by atomic mass is 10.1. The van der Waals surface area contributed by atoms with Gasteiger partial charge in [-0.05, 0) is 56.0 Å². The maximum Gasteiger partial charge on any atom is 0.230 e. The number of carbonyl (C=O) groups excluding carboxylic acids is 1. The molecule has 2 aliphatic rings. The van der Waals surface area contributed by atoms with Crippen molar-refractivity contribution in [2.24, 2.45) is 5.92 Å². The standard InChI is InChI=1S/C24H28N4O/c29-23(20-17-19(20)18-9-3-1-4-10-18)26-24-25-21-11-5-6-12-22(21)28(24)16-15-27-13-7-2-8-14-27/h1,3-6,9-12,19-20H,2,7-8,13-17H2,(H,25,26,29)/t19-,20-/m0/s1. The van der Waals surface area contributed by atoms with E-state index in [9.17, 15) is 4.79 Å². The highest BCUT2D eigenvalue weighted by Gasteiger charge is 2.44. The summed E-state index contributed by atoms with van der Waals surface area (Å²) >= 11 is 0. The average molecular weight is 389 g/mol. The Bertz CT molecular complexity index is 991. The van der Waals surface area contributed by atoms with E-state index in [0.717, 1.165) is 30.5 Å². The molecule has 29 heavy (non-hydrogen) atoms. The van der Waals surface area contributed by atoms with Crippen molar-refractivity contribution in [1.82, 2.24) is 14.5 Å². The summed E-state index contributed by atoms with van der Waals surface area (Å²) in [5.74, 6) is 1.16. The highest BCUT2D eigenvalue weighted by Crippen LogP contribution is 2.47. The number of para-hydroxylation sites is 2. The number of imidazole rings is 1. The summed E-state index contributed by atoms with van der Waals surface area (Å²) in [5, 5.41) is 3.14. The first kappa shape index (κ1) is 18.4. The van der Waals surface area contributed by atoms with Gasteiger partial charge < -0.3 is 9.47 Å². The van der Waals surface area contributed by atoms with Crippen molar-refractivity contribution in [2.75, 3.05) is 25.0 Å². The molecule has 5 rings (SSSR count). The highest BCUT2D eigenvalue weighted by atomic mass is 16.2. The van der Waals surface area contributed by atoms with E-state index in [0.29, 0.717) is 11.9 Å². The molecule has 1 saturated carbocycles. The van der Waals surface area contributed by atoms with Crippen LogP contribution >= 0.6 is 0 Å². The highest BCUT2D eigenvalue weighted by molar-refractivity contribution is 5.95. The predicted octanol–water partition coefficient (Wildman–Crippen LogP) is 4.26. The monoisotopic (exact) mass is 388 g/mol. The summed E-state index contributed by atoms with van der Waals surface area (Å²) in [6, 6.07) is 18.5. The van der Waals surface area contributed by atoms with Gasteiger partial charge in [0.15, 0.2) is 0 Å². The van der Waals surface area contributed by atoms with Gasteiger partial charge in [-0.1, -0.05) is 48.9 Å². The molecular formula is C24H28N4O. The van der Waals surface area contributed by atoms with Crippen LogP contribution in [0.5, 0.6) is 0 Å². The van der Waals surface area contributed by atoms with E-state index in [-0.39, 0.29) is 11.8 Å². The van der Waals surface area contributed by atoms with E-state index < -0.39 is 0 Å². The molecule has 150 valence electrons. The van der Waals surface area contributed by atoms with Gasteiger partial charge in [0.25, 0.3) is 0 Å². The number of nitrogens with one attached hydrogen (secondary N) is 1. The van der Waals surface area contributed by atoms with E-state index >= 15 is 0 Å². The van der Waals surface area contributed by atoms with E-state index in [4.69, 9.17) is 4.98 Å². The Morgan fingerprint density at radius 3 is 2.55 bits per heavy atom. The molecule has 2 heterocycles. The summed E-state index contributed by atoms with van der Waals surface area (Å²) in [7, 11) is 0. The molecule has 2 aromatic carbocycles. The SMILES string of the molecule is O=C(Nc1nc2ccccc2n1CCN1CCCCC1)[C@H]1C[C@H]1c1ccccc1. The quantitative estimate of drug-likeness (QED) is 0.686. The van der Waals surface area contributed by atoms with Gasteiger partial charge in [-0.25, -0.2) is 4.98 Å². The van der Waals surface area contributed by atoms with Gasteiger partial charge >= 0.3 is 0 Å². The van der Waals surface area contributed by atoms with Gasteiger partial charge in [0.2, 0.25) is 11.9 Å². The molecule has 1 aromatic heterocycles. The Kier molecular flexibility index (Phi) is 5.06. The van der Waals surface area contributed by atoms with Crippen LogP contribution in [0.1, 0.15) is 37.2 Å². The fraction of sp³-hybridized carbons (Fsp3) is 0.417. The zero-order valence-corrected chi connectivity index (χ0v) is 16.8. The molecular weight excluding hydrogens is 360 g/mol. The number of fused-ring (bicyclic) bond motifs is 1. The Balaban J connectivity index is 1.32. The minimum absolute atomic E-state index is 0.0488. The summed E-state index contributed by atoms with van der Waals surface area (Å²) < 4.78 is 2.18. The molecule has 1 N–H and O–H groups in total. The van der Waals surface area contributed by atoms with Crippen molar-refractivity contribution >= 4 is 22.9 Å². The molecule has 0 radical (unpaired) electrons. The second-order valence-electron chi connectivity index (χ2n) is 8.33. The summed E-state index contributed by atoms with van der Waals surface area (Å²) in [4.78, 5) is 20.2. The van der Waals surface area contributed by atoms with Crippen molar-refractivity contribution < 1.29 is 4.79 Å². The Morgan fingerprint density at radius 2 is 1.72 bits per heavy atom. The molecule has 0 unspecified atom stereocenters. The summed E-state index contributed by atoms with van der Waals surface area (Å²) in [6.07, 6.45) is 4.84. The number of amides is 1. The zero-order chi connectivity index (χ0) is 19.6. The number of carbonyl (C=O) groups is 1. The maximum atomic E-state index is 12.9. The summed E-state index contributed by atoms with van der Waals surface area (Å²) in [6.45, 7) is 4.20. The van der Waals surface area contributed by atoms with Crippen LogP contribution in [-0.2, 0) is 11.3 Å². The van der Waals surface area contributed by atoms with E-state index in [1.54, 1.807) is 0 Å². The largest absolute Gasteiger partial charge is 0.309 e. The Labute approximate surface area is 171 Å². The molecule has 0 spiro atoms. The number of anilines is 1. The normalized spacial score (nSPS) is 21.9. The first-order chi connectivity index (χ1) is 14.3. The van der Waals surface area contributed by atoms with Crippen LogP contribution in [0.15, 0.2) is 54.6 Å². The second kappa shape index (κ2) is 7.99. The molecule has 2 atom stereocenters. The molecule has 2 fully saturated rings. The van der Waals surface area contributed by atoms with Gasteiger partial charge in [0.1, 0.15) is 0 Å². The average Bonchev–Trinajstić information content (AvgIpc) is 3.50. The number of benzene rings is 2. The fourth-order valence-corrected chi connectivity index (χ4v) is 4.58. The number of piperidine rings is 1. The van der Waals surface area contributed by atoms with Crippen LogP contribution in [0.25, 0.3) is 11.0 Å². The van der Waals surface area contributed by atoms with Gasteiger partial charge in [-0.2, -0.15) is 0 Å². The van der Waals surface area contributed by atoms with Crippen LogP contribution in [-0.4, -0.2) is 40.0 Å². The van der Waals surface area contributed by atoms with Crippen LogP contribution in [0, 0.1) is 5.92 Å². The van der Waals surface area contributed by atoms with Gasteiger partial charge in [0, 0.05) is 19.0 Å². The van der Waals surface area contributed by atoms with Gasteiger partial charge in [-0.15, -0.1) is 0 Å². The lowest BCUT2D eigenvalue weighted by molar-refractivity contribution is -0.117. The van der Waals surface area contributed by atoms with Crippen molar-refractivity contribution in [2.45, 2.75) is 38.1 Å². The number of nitrogens with zero attached hydrogens (tertiary/aromatic N) is 3. The molecule has 5 nitrogen and oxygen atoms in total. The number of rotatable bonds is 6. The third kappa shape index (κ3) is 3.92. The third-order valence-electron chi connectivity index (χ3n) is 6.33. The zero-order valence-electron chi connectivity index (χ0n) is 16.8. The number of aromatic nitrogens is 2. The second-order valence-corrected chi connectivity index (χ2v) is 8.33. The van der Waals surface area contributed by atoms with Crippen molar-refractivity contribution in [3.63, 3.8) is 0 Å². The lowest BCUT2D eigenvalue weighted by Crippen LogP contribution is -2.33. The molecule has 1 amide bonds. The smallest absolute Gasteiger partial charge is 0.230 e. The third-order valence-corrected chi connectivity index (χ3v) is 6.33. The molecule has 5 heteroatoms. The number of likely N-dealkylation sites (tertiary alicyclic amines) is 1. The number of hydrogen-bond donors (Lipinski definition) is 1. The van der Waals surface area contributed by atoms with Crippen molar-refractivity contribution in [3.05, 3.63) is 60.2 Å². The predicted molar refractivity (Wildman–Crippen MR) is 116 cm³/mol. The fourth-order valence-electron chi connectivity index (χ4n) is 4.58. The van der Waals surface area contributed by atoms with Crippen LogP contribution in [0.4, 0.5) is 5.95 Å². The van der Waals surface area contributed by atoms with Crippen LogP contribution < -0.4 is 5.32 Å². The minimum Gasteiger partial charge on any atom is -0.309 e.